The summed E-state index contributed by atoms with van der Waals surface area (Å²) in [5.41, 5.74) is 1.86. The van der Waals surface area contributed by atoms with Gasteiger partial charge >= 0.3 is 0 Å². The van der Waals surface area contributed by atoms with Crippen molar-refractivity contribution in [1.29, 1.82) is 0 Å². The number of aryl methyl sites for hydroxylation is 1. The van der Waals surface area contributed by atoms with E-state index in [0.29, 0.717) is 18.2 Å². The number of nitrogens with one attached hydrogen (secondary N) is 1. The van der Waals surface area contributed by atoms with E-state index in [-0.39, 0.29) is 10.6 Å². The van der Waals surface area contributed by atoms with E-state index in [2.05, 4.69) is 19.2 Å². The summed E-state index contributed by atoms with van der Waals surface area (Å²) < 4.78 is 0. The molecule has 4 nitrogen and oxygen atoms in total. The van der Waals surface area contributed by atoms with Crippen LogP contribution in [0.1, 0.15) is 31.4 Å². The Hall–Kier alpha value is -1.42. The van der Waals surface area contributed by atoms with E-state index in [1.807, 2.05) is 6.07 Å². The zero-order valence-electron chi connectivity index (χ0n) is 9.99. The number of rotatable bonds is 5. The molecule has 0 heterocycles. The Morgan fingerprint density at radius 1 is 1.50 bits per heavy atom. The van der Waals surface area contributed by atoms with Crippen LogP contribution in [0.5, 0.6) is 0 Å². The average Bonchev–Trinajstić information content (AvgIpc) is 2.27. The normalized spacial score (nSPS) is 12.4. The fraction of sp³-hybridized carbons (Fsp3) is 0.500. The van der Waals surface area contributed by atoms with Gasteiger partial charge in [0.25, 0.3) is 5.69 Å². The minimum Gasteiger partial charge on any atom is -0.310 e. The lowest BCUT2D eigenvalue weighted by Crippen LogP contribution is -2.24. The molecule has 0 spiro atoms. The number of nitro benzene ring substituents is 1. The molecular weight excluding hydrogens is 204 g/mol. The molecule has 0 saturated heterocycles. The number of benzene rings is 1. The number of hydrogen-bond acceptors (Lipinski definition) is 3. The maximum atomic E-state index is 10.8. The molecule has 1 N–H and O–H groups in total. The molecular formula is C12H18N2O2. The monoisotopic (exact) mass is 222 g/mol. The zero-order valence-corrected chi connectivity index (χ0v) is 9.99. The Bertz CT molecular complexity index is 377. The van der Waals surface area contributed by atoms with E-state index < -0.39 is 0 Å². The van der Waals surface area contributed by atoms with Crippen molar-refractivity contribution in [1.82, 2.24) is 5.32 Å². The van der Waals surface area contributed by atoms with Crippen molar-refractivity contribution >= 4 is 5.69 Å². The second-order valence-corrected chi connectivity index (χ2v) is 4.07. The van der Waals surface area contributed by atoms with Crippen LogP contribution in [0.4, 0.5) is 5.69 Å². The van der Waals surface area contributed by atoms with Gasteiger partial charge in [0.2, 0.25) is 0 Å². The molecule has 0 aliphatic carbocycles. The van der Waals surface area contributed by atoms with Gasteiger partial charge in [-0.05, 0) is 25.8 Å². The minimum absolute atomic E-state index is 0.198. The molecule has 1 aromatic carbocycles. The van der Waals surface area contributed by atoms with Crippen LogP contribution in [0.15, 0.2) is 18.2 Å². The van der Waals surface area contributed by atoms with Crippen LogP contribution in [0.2, 0.25) is 0 Å². The summed E-state index contributed by atoms with van der Waals surface area (Å²) in [6.45, 7) is 6.64. The van der Waals surface area contributed by atoms with Crippen LogP contribution in [0, 0.1) is 17.0 Å². The summed E-state index contributed by atoms with van der Waals surface area (Å²) in [6, 6.07) is 5.80. The van der Waals surface area contributed by atoms with Crippen molar-refractivity contribution in [2.45, 2.75) is 39.8 Å². The van der Waals surface area contributed by atoms with Crippen molar-refractivity contribution in [2.75, 3.05) is 0 Å². The molecule has 0 amide bonds. The summed E-state index contributed by atoms with van der Waals surface area (Å²) in [5, 5.41) is 14.1. The first-order valence-electron chi connectivity index (χ1n) is 5.52. The first kappa shape index (κ1) is 12.6. The highest BCUT2D eigenvalue weighted by Gasteiger charge is 2.10. The van der Waals surface area contributed by atoms with Crippen LogP contribution in [0.25, 0.3) is 0 Å². The SMILES string of the molecule is CCC(C)NCc1ccc(C)c([N+](=O)[O-])c1. The second-order valence-electron chi connectivity index (χ2n) is 4.07. The average molecular weight is 222 g/mol. The van der Waals surface area contributed by atoms with Crippen molar-refractivity contribution in [2.24, 2.45) is 0 Å². The molecule has 0 fully saturated rings. The Labute approximate surface area is 95.8 Å². The molecule has 0 bridgehead atoms. The lowest BCUT2D eigenvalue weighted by molar-refractivity contribution is -0.385. The first-order valence-corrected chi connectivity index (χ1v) is 5.52. The van der Waals surface area contributed by atoms with Crippen LogP contribution in [-0.4, -0.2) is 11.0 Å². The Balaban J connectivity index is 2.75. The minimum atomic E-state index is -0.331. The molecule has 1 unspecified atom stereocenters. The predicted molar refractivity (Wildman–Crippen MR) is 64.4 cm³/mol. The van der Waals surface area contributed by atoms with Crippen LogP contribution in [0.3, 0.4) is 0 Å². The number of nitrogens with zero attached hydrogens (tertiary/aromatic N) is 1. The smallest absolute Gasteiger partial charge is 0.272 e. The lowest BCUT2D eigenvalue weighted by atomic mass is 10.1. The molecule has 0 aliphatic heterocycles. The highest BCUT2D eigenvalue weighted by molar-refractivity contribution is 5.42. The number of hydrogen-bond donors (Lipinski definition) is 1. The third-order valence-corrected chi connectivity index (χ3v) is 2.74. The van der Waals surface area contributed by atoms with Crippen molar-refractivity contribution < 1.29 is 4.92 Å². The molecule has 0 aromatic heterocycles. The molecule has 0 aliphatic rings. The highest BCUT2D eigenvalue weighted by atomic mass is 16.6. The van der Waals surface area contributed by atoms with Gasteiger partial charge in [0.15, 0.2) is 0 Å². The zero-order chi connectivity index (χ0) is 12.1. The standard InChI is InChI=1S/C12H18N2O2/c1-4-10(3)13-8-11-6-5-9(2)12(7-11)14(15)16/h5-7,10,13H,4,8H2,1-3H3. The highest BCUT2D eigenvalue weighted by Crippen LogP contribution is 2.19. The Kier molecular flexibility index (Phi) is 4.43. The van der Waals surface area contributed by atoms with Gasteiger partial charge in [-0.1, -0.05) is 19.1 Å². The van der Waals surface area contributed by atoms with Crippen LogP contribution in [-0.2, 0) is 6.54 Å². The number of nitro groups is 1. The molecule has 16 heavy (non-hydrogen) atoms. The molecule has 1 atom stereocenters. The van der Waals surface area contributed by atoms with Gasteiger partial charge in [0.1, 0.15) is 0 Å². The van der Waals surface area contributed by atoms with E-state index in [1.54, 1.807) is 19.1 Å². The second kappa shape index (κ2) is 5.61. The van der Waals surface area contributed by atoms with Gasteiger partial charge in [0.05, 0.1) is 4.92 Å². The van der Waals surface area contributed by atoms with Gasteiger partial charge in [-0.15, -0.1) is 0 Å². The van der Waals surface area contributed by atoms with Gasteiger partial charge in [0, 0.05) is 24.2 Å². The van der Waals surface area contributed by atoms with Crippen molar-refractivity contribution in [3.05, 3.63) is 39.4 Å². The molecule has 1 aromatic rings. The van der Waals surface area contributed by atoms with E-state index >= 15 is 0 Å². The largest absolute Gasteiger partial charge is 0.310 e. The van der Waals surface area contributed by atoms with E-state index in [1.165, 1.54) is 0 Å². The molecule has 0 saturated carbocycles. The molecule has 1 rings (SSSR count). The Morgan fingerprint density at radius 3 is 2.75 bits per heavy atom. The van der Waals surface area contributed by atoms with Crippen molar-refractivity contribution in [3.8, 4) is 0 Å². The third kappa shape index (κ3) is 3.31. The quantitative estimate of drug-likeness (QED) is 0.615. The van der Waals surface area contributed by atoms with Gasteiger partial charge in [-0.2, -0.15) is 0 Å². The van der Waals surface area contributed by atoms with Crippen LogP contribution >= 0.6 is 0 Å². The summed E-state index contributed by atoms with van der Waals surface area (Å²) in [7, 11) is 0. The fourth-order valence-electron chi connectivity index (χ4n) is 1.40. The van der Waals surface area contributed by atoms with E-state index in [4.69, 9.17) is 0 Å². The molecule has 4 heteroatoms. The maximum Gasteiger partial charge on any atom is 0.272 e. The maximum absolute atomic E-state index is 10.8. The molecule has 88 valence electrons. The van der Waals surface area contributed by atoms with E-state index in [0.717, 1.165) is 12.0 Å². The predicted octanol–water partition coefficient (Wildman–Crippen LogP) is 2.79. The summed E-state index contributed by atoms with van der Waals surface area (Å²) in [5.74, 6) is 0. The topological polar surface area (TPSA) is 55.2 Å². The fourth-order valence-corrected chi connectivity index (χ4v) is 1.40. The summed E-state index contributed by atoms with van der Waals surface area (Å²) in [4.78, 5) is 10.4. The summed E-state index contributed by atoms with van der Waals surface area (Å²) >= 11 is 0. The van der Waals surface area contributed by atoms with Crippen molar-refractivity contribution in [3.63, 3.8) is 0 Å². The third-order valence-electron chi connectivity index (χ3n) is 2.74. The van der Waals surface area contributed by atoms with Gasteiger partial charge in [-0.3, -0.25) is 10.1 Å². The van der Waals surface area contributed by atoms with Crippen LogP contribution < -0.4 is 5.32 Å². The molecule has 0 radical (unpaired) electrons. The van der Waals surface area contributed by atoms with E-state index in [9.17, 15) is 10.1 Å². The first-order chi connectivity index (χ1) is 7.54. The summed E-state index contributed by atoms with van der Waals surface area (Å²) in [6.07, 6.45) is 1.05. The van der Waals surface area contributed by atoms with Gasteiger partial charge < -0.3 is 5.32 Å². The lowest BCUT2D eigenvalue weighted by Gasteiger charge is -2.11. The van der Waals surface area contributed by atoms with Gasteiger partial charge in [-0.25, -0.2) is 0 Å². The Morgan fingerprint density at radius 2 is 2.19 bits per heavy atom.